The quantitative estimate of drug-likeness (QED) is 0.432. The molecule has 0 bridgehead atoms. The minimum atomic E-state index is -0.445. The number of carbonyl (C=O) groups excluding carboxylic acids is 1. The van der Waals surface area contributed by atoms with Gasteiger partial charge in [0.15, 0.2) is 11.2 Å². The number of carbonyl (C=O) groups is 1. The Kier molecular flexibility index (Phi) is 7.23. The number of nitrogens with zero attached hydrogens (tertiary/aromatic N) is 2. The van der Waals surface area contributed by atoms with E-state index in [1.165, 1.54) is 32.1 Å². The van der Waals surface area contributed by atoms with Crippen LogP contribution in [0.3, 0.4) is 0 Å². The second-order valence-electron chi connectivity index (χ2n) is 8.45. The van der Waals surface area contributed by atoms with Crippen LogP contribution < -0.4 is 4.90 Å². The largest absolute Gasteiger partial charge is 0.464 e. The lowest BCUT2D eigenvalue weighted by atomic mass is 9.93. The van der Waals surface area contributed by atoms with Gasteiger partial charge in [0.1, 0.15) is 0 Å². The summed E-state index contributed by atoms with van der Waals surface area (Å²) in [5.41, 5.74) is 2.10. The first kappa shape index (κ1) is 21.8. The van der Waals surface area contributed by atoms with Gasteiger partial charge in [0.25, 0.3) is 0 Å². The molecule has 0 radical (unpaired) electrons. The van der Waals surface area contributed by atoms with Gasteiger partial charge in [-0.3, -0.25) is 0 Å². The molecule has 2 aromatic carbocycles. The first-order valence-electron chi connectivity index (χ1n) is 11.6. The third-order valence-corrected chi connectivity index (χ3v) is 6.88. The lowest BCUT2D eigenvalue weighted by molar-refractivity contribution is -0.148. The van der Waals surface area contributed by atoms with E-state index in [2.05, 4.69) is 34.1 Å². The first-order chi connectivity index (χ1) is 15.2. The number of thiocarbonyl (C=S) groups is 1. The number of ether oxygens (including phenoxy) is 1. The fraction of sp³-hybridized carbons (Fsp3) is 0.462. The molecule has 0 amide bonds. The van der Waals surface area contributed by atoms with Crippen molar-refractivity contribution in [1.29, 1.82) is 0 Å². The molecular formula is C26H32N2O2S. The van der Waals surface area contributed by atoms with E-state index < -0.39 is 6.04 Å². The van der Waals surface area contributed by atoms with Crippen molar-refractivity contribution in [3.63, 3.8) is 0 Å². The summed E-state index contributed by atoms with van der Waals surface area (Å²) in [7, 11) is 0. The molecule has 0 aromatic heterocycles. The maximum atomic E-state index is 13.4. The highest BCUT2D eigenvalue weighted by molar-refractivity contribution is 7.80. The zero-order valence-corrected chi connectivity index (χ0v) is 19.1. The van der Waals surface area contributed by atoms with Gasteiger partial charge in [-0.15, -0.1) is 0 Å². The zero-order chi connectivity index (χ0) is 21.6. The molecule has 4 rings (SSSR count). The number of hydrogen-bond acceptors (Lipinski definition) is 3. The number of esters is 1. The Morgan fingerprint density at radius 1 is 0.935 bits per heavy atom. The summed E-state index contributed by atoms with van der Waals surface area (Å²) in [4.78, 5) is 17.8. The normalized spacial score (nSPS) is 22.8. The average Bonchev–Trinajstić information content (AvgIpc) is 3.08. The molecule has 1 aliphatic heterocycles. The molecule has 5 heteroatoms. The van der Waals surface area contributed by atoms with Crippen molar-refractivity contribution < 1.29 is 9.53 Å². The van der Waals surface area contributed by atoms with Crippen LogP contribution in [0.5, 0.6) is 0 Å². The van der Waals surface area contributed by atoms with Crippen molar-refractivity contribution in [1.82, 2.24) is 4.90 Å². The Bertz CT molecular complexity index is 865. The van der Waals surface area contributed by atoms with Gasteiger partial charge in [-0.25, -0.2) is 4.79 Å². The van der Waals surface area contributed by atoms with E-state index in [1.807, 2.05) is 43.3 Å². The lowest BCUT2D eigenvalue weighted by Crippen LogP contribution is -2.47. The molecule has 0 spiro atoms. The molecule has 2 fully saturated rings. The number of hydrogen-bond donors (Lipinski definition) is 0. The van der Waals surface area contributed by atoms with Gasteiger partial charge in [-0.2, -0.15) is 0 Å². The van der Waals surface area contributed by atoms with Crippen molar-refractivity contribution in [3.05, 3.63) is 66.2 Å². The van der Waals surface area contributed by atoms with Crippen LogP contribution >= 0.6 is 12.2 Å². The van der Waals surface area contributed by atoms with E-state index in [1.54, 1.807) is 0 Å². The van der Waals surface area contributed by atoms with Crippen molar-refractivity contribution in [2.45, 2.75) is 70.0 Å². The number of para-hydroxylation sites is 1. The van der Waals surface area contributed by atoms with Gasteiger partial charge in [-0.1, -0.05) is 80.6 Å². The standard InChI is InChI=1S/C26H32N2O2S/c1-2-30-25(29)24-23(20-14-8-6-9-15-20)27(21-18-12-7-13-19-21)26(31)28(24)22-16-10-4-3-5-11-17-22/h6-9,12-15,18-19,22-24H,2-5,10-11,16-17H2,1H3/t23-,24+/m1/s1. The van der Waals surface area contributed by atoms with Gasteiger partial charge in [0.05, 0.1) is 12.6 Å². The third kappa shape index (κ3) is 4.62. The third-order valence-electron chi connectivity index (χ3n) is 6.48. The zero-order valence-electron chi connectivity index (χ0n) is 18.3. The number of benzene rings is 2. The second-order valence-corrected chi connectivity index (χ2v) is 8.81. The predicted octanol–water partition coefficient (Wildman–Crippen LogP) is 5.88. The number of anilines is 1. The molecule has 0 unspecified atom stereocenters. The van der Waals surface area contributed by atoms with Crippen LogP contribution in [0.4, 0.5) is 5.69 Å². The van der Waals surface area contributed by atoms with Gasteiger partial charge in [0, 0.05) is 11.7 Å². The second kappa shape index (κ2) is 10.3. The van der Waals surface area contributed by atoms with Gasteiger partial charge < -0.3 is 14.5 Å². The topological polar surface area (TPSA) is 32.8 Å². The average molecular weight is 437 g/mol. The Morgan fingerprint density at radius 2 is 1.52 bits per heavy atom. The van der Waals surface area contributed by atoms with E-state index in [0.717, 1.165) is 29.2 Å². The summed E-state index contributed by atoms with van der Waals surface area (Å²) < 4.78 is 5.62. The molecule has 2 aromatic rings. The highest BCUT2D eigenvalue weighted by atomic mass is 32.1. The molecule has 1 saturated carbocycles. The smallest absolute Gasteiger partial charge is 0.331 e. The maximum Gasteiger partial charge on any atom is 0.331 e. The molecule has 2 aliphatic rings. The Morgan fingerprint density at radius 3 is 2.13 bits per heavy atom. The molecule has 31 heavy (non-hydrogen) atoms. The summed E-state index contributed by atoms with van der Waals surface area (Å²) >= 11 is 6.10. The molecule has 164 valence electrons. The predicted molar refractivity (Wildman–Crippen MR) is 129 cm³/mol. The summed E-state index contributed by atoms with van der Waals surface area (Å²) in [6.45, 7) is 2.24. The minimum absolute atomic E-state index is 0.181. The van der Waals surface area contributed by atoms with Crippen LogP contribution in [-0.4, -0.2) is 34.7 Å². The Balaban J connectivity index is 1.81. The van der Waals surface area contributed by atoms with Crippen molar-refractivity contribution in [2.24, 2.45) is 0 Å². The summed E-state index contributed by atoms with van der Waals surface area (Å²) in [6.07, 6.45) is 8.32. The Hall–Kier alpha value is -2.40. The summed E-state index contributed by atoms with van der Waals surface area (Å²) in [6, 6.07) is 20.1. The van der Waals surface area contributed by atoms with Gasteiger partial charge >= 0.3 is 5.97 Å². The van der Waals surface area contributed by atoms with Crippen LogP contribution in [0.25, 0.3) is 0 Å². The minimum Gasteiger partial charge on any atom is -0.464 e. The van der Waals surface area contributed by atoms with Crippen LogP contribution in [0.2, 0.25) is 0 Å². The fourth-order valence-electron chi connectivity index (χ4n) is 5.06. The highest BCUT2D eigenvalue weighted by Crippen LogP contribution is 2.42. The van der Waals surface area contributed by atoms with E-state index in [-0.39, 0.29) is 18.1 Å². The highest BCUT2D eigenvalue weighted by Gasteiger charge is 2.51. The van der Waals surface area contributed by atoms with Crippen molar-refractivity contribution in [2.75, 3.05) is 11.5 Å². The Labute approximate surface area is 191 Å². The summed E-state index contributed by atoms with van der Waals surface area (Å²) in [5.74, 6) is -0.181. The van der Waals surface area contributed by atoms with E-state index in [0.29, 0.717) is 6.61 Å². The number of rotatable bonds is 5. The van der Waals surface area contributed by atoms with E-state index in [4.69, 9.17) is 17.0 Å². The first-order valence-corrected chi connectivity index (χ1v) is 12.0. The molecule has 1 saturated heterocycles. The molecule has 1 heterocycles. The fourth-order valence-corrected chi connectivity index (χ4v) is 5.54. The van der Waals surface area contributed by atoms with Crippen molar-refractivity contribution in [3.8, 4) is 0 Å². The van der Waals surface area contributed by atoms with E-state index in [9.17, 15) is 4.79 Å². The molecular weight excluding hydrogens is 404 g/mol. The van der Waals surface area contributed by atoms with Crippen LogP contribution in [0.15, 0.2) is 60.7 Å². The monoisotopic (exact) mass is 436 g/mol. The van der Waals surface area contributed by atoms with Gasteiger partial charge in [-0.05, 0) is 49.7 Å². The lowest BCUT2D eigenvalue weighted by Gasteiger charge is -2.34. The molecule has 2 atom stereocenters. The molecule has 4 nitrogen and oxygen atoms in total. The van der Waals surface area contributed by atoms with Crippen LogP contribution in [0, 0.1) is 0 Å². The summed E-state index contributed by atoms with van der Waals surface area (Å²) in [5, 5.41) is 0.740. The molecule has 1 aliphatic carbocycles. The van der Waals surface area contributed by atoms with Gasteiger partial charge in [0.2, 0.25) is 0 Å². The maximum absolute atomic E-state index is 13.4. The van der Waals surface area contributed by atoms with Crippen LogP contribution in [0.1, 0.15) is 63.5 Å². The SMILES string of the molecule is CCOC(=O)[C@@H]1[C@@H](c2ccccc2)N(c2ccccc2)C(=S)N1C1CCCCCCC1. The molecule has 0 N–H and O–H groups in total. The van der Waals surface area contributed by atoms with E-state index >= 15 is 0 Å². The van der Waals surface area contributed by atoms with Crippen LogP contribution in [-0.2, 0) is 9.53 Å². The van der Waals surface area contributed by atoms with Crippen molar-refractivity contribution >= 4 is 29.0 Å².